The van der Waals surface area contributed by atoms with Gasteiger partial charge in [0.1, 0.15) is 6.61 Å². The third-order valence-electron chi connectivity index (χ3n) is 2.75. The van der Waals surface area contributed by atoms with Crippen LogP contribution in [0.1, 0.15) is 12.0 Å². The normalized spacial score (nSPS) is 23.2. The predicted molar refractivity (Wildman–Crippen MR) is 59.6 cm³/mol. The lowest BCUT2D eigenvalue weighted by atomic mass is 9.90. The van der Waals surface area contributed by atoms with Crippen LogP contribution in [-0.2, 0) is 16.0 Å². The zero-order valence-corrected chi connectivity index (χ0v) is 9.18. The van der Waals surface area contributed by atoms with Crippen molar-refractivity contribution in [2.45, 2.75) is 18.4 Å². The Morgan fingerprint density at radius 2 is 2.12 bits per heavy atom. The minimum Gasteiger partial charge on any atom is -0.465 e. The van der Waals surface area contributed by atoms with Crippen LogP contribution in [0.2, 0.25) is 0 Å². The Morgan fingerprint density at radius 3 is 2.65 bits per heavy atom. The number of cyclic esters (lactones) is 1. The molecular formula is C12H13NO4. The van der Waals surface area contributed by atoms with Crippen molar-refractivity contribution in [2.24, 2.45) is 0 Å². The molecule has 90 valence electrons. The third-order valence-corrected chi connectivity index (χ3v) is 2.75. The highest BCUT2D eigenvalue weighted by molar-refractivity contribution is 5.76. The van der Waals surface area contributed by atoms with Crippen LogP contribution in [0.15, 0.2) is 30.3 Å². The molecule has 1 fully saturated rings. The third kappa shape index (κ3) is 2.75. The Morgan fingerprint density at radius 1 is 1.41 bits per heavy atom. The van der Waals surface area contributed by atoms with E-state index in [0.29, 0.717) is 6.42 Å². The first-order chi connectivity index (χ1) is 8.10. The van der Waals surface area contributed by atoms with Crippen LogP contribution < -0.4 is 5.32 Å². The van der Waals surface area contributed by atoms with Gasteiger partial charge in [0.2, 0.25) is 0 Å². The molecule has 1 aliphatic heterocycles. The van der Waals surface area contributed by atoms with E-state index in [1.807, 2.05) is 30.3 Å². The maximum Gasteiger partial charge on any atom is 0.405 e. The van der Waals surface area contributed by atoms with Crippen molar-refractivity contribution in [1.82, 2.24) is 5.32 Å². The summed E-state index contributed by atoms with van der Waals surface area (Å²) in [5.41, 5.74) is 0.143. The van der Waals surface area contributed by atoms with E-state index in [1.54, 1.807) is 0 Å². The maximum atomic E-state index is 11.2. The van der Waals surface area contributed by atoms with Gasteiger partial charge in [0, 0.05) is 0 Å². The van der Waals surface area contributed by atoms with Gasteiger partial charge in [0.15, 0.2) is 0 Å². The molecule has 2 N–H and O–H groups in total. The van der Waals surface area contributed by atoms with E-state index in [1.165, 1.54) is 0 Å². The molecule has 0 bridgehead atoms. The van der Waals surface area contributed by atoms with Crippen molar-refractivity contribution in [1.29, 1.82) is 0 Å². The molecule has 1 aromatic carbocycles. The van der Waals surface area contributed by atoms with E-state index < -0.39 is 11.6 Å². The molecule has 1 atom stereocenters. The summed E-state index contributed by atoms with van der Waals surface area (Å²) in [7, 11) is 0. The van der Waals surface area contributed by atoms with Gasteiger partial charge >= 0.3 is 12.1 Å². The van der Waals surface area contributed by atoms with Crippen molar-refractivity contribution in [2.75, 3.05) is 6.61 Å². The number of benzene rings is 1. The van der Waals surface area contributed by atoms with E-state index >= 15 is 0 Å². The number of rotatable bonds is 3. The average molecular weight is 235 g/mol. The van der Waals surface area contributed by atoms with Gasteiger partial charge in [0.05, 0.1) is 12.0 Å². The summed E-state index contributed by atoms with van der Waals surface area (Å²) in [5, 5.41) is 11.2. The summed E-state index contributed by atoms with van der Waals surface area (Å²) >= 11 is 0. The molecule has 5 heteroatoms. The summed E-state index contributed by atoms with van der Waals surface area (Å²) in [6.45, 7) is 0.0903. The Kier molecular flexibility index (Phi) is 2.99. The van der Waals surface area contributed by atoms with Crippen LogP contribution in [0.3, 0.4) is 0 Å². The summed E-state index contributed by atoms with van der Waals surface area (Å²) in [4.78, 5) is 22.0. The highest BCUT2D eigenvalue weighted by Crippen LogP contribution is 2.24. The lowest BCUT2D eigenvalue weighted by Gasteiger charge is -2.25. The number of esters is 1. The van der Waals surface area contributed by atoms with E-state index in [4.69, 9.17) is 9.84 Å². The van der Waals surface area contributed by atoms with Crippen LogP contribution >= 0.6 is 0 Å². The molecule has 5 nitrogen and oxygen atoms in total. The first-order valence-corrected chi connectivity index (χ1v) is 5.30. The Bertz CT molecular complexity index is 431. The summed E-state index contributed by atoms with van der Waals surface area (Å²) < 4.78 is 4.88. The number of hydrogen-bond acceptors (Lipinski definition) is 3. The molecule has 0 radical (unpaired) electrons. The second-order valence-corrected chi connectivity index (χ2v) is 4.21. The molecule has 0 aromatic heterocycles. The summed E-state index contributed by atoms with van der Waals surface area (Å²) in [6.07, 6.45) is -0.612. The molecule has 17 heavy (non-hydrogen) atoms. The standard InChI is InChI=1S/C12H13NO4/c14-10-7-12(8-17-10,13-11(15)16)6-9-4-2-1-3-5-9/h1-5,13H,6-8H2,(H,15,16)/t12-/m1/s1. The fourth-order valence-corrected chi connectivity index (χ4v) is 2.05. The number of carboxylic acid groups (broad SMARTS) is 1. The van der Waals surface area contributed by atoms with Crippen molar-refractivity contribution >= 4 is 12.1 Å². The SMILES string of the molecule is O=C(O)N[C@@]1(Cc2ccccc2)COC(=O)C1. The zero-order chi connectivity index (χ0) is 12.3. The van der Waals surface area contributed by atoms with Crippen molar-refractivity contribution in [3.05, 3.63) is 35.9 Å². The molecule has 1 saturated heterocycles. The monoisotopic (exact) mass is 235 g/mol. The van der Waals surface area contributed by atoms with Gasteiger partial charge in [-0.2, -0.15) is 0 Å². The fraction of sp³-hybridized carbons (Fsp3) is 0.333. The average Bonchev–Trinajstić information content (AvgIpc) is 2.60. The summed E-state index contributed by atoms with van der Waals surface area (Å²) in [6, 6.07) is 9.43. The highest BCUT2D eigenvalue weighted by Gasteiger charge is 2.41. The van der Waals surface area contributed by atoms with Gasteiger partial charge in [-0.05, 0) is 12.0 Å². The van der Waals surface area contributed by atoms with Crippen LogP contribution in [-0.4, -0.2) is 29.3 Å². The number of carbonyl (C=O) groups excluding carboxylic acids is 1. The van der Waals surface area contributed by atoms with Gasteiger partial charge in [-0.3, -0.25) is 4.79 Å². The minimum atomic E-state index is -1.14. The lowest BCUT2D eigenvalue weighted by molar-refractivity contribution is -0.137. The maximum absolute atomic E-state index is 11.2. The van der Waals surface area contributed by atoms with Gasteiger partial charge in [-0.25, -0.2) is 4.79 Å². The smallest absolute Gasteiger partial charge is 0.405 e. The number of ether oxygens (including phenoxy) is 1. The first kappa shape index (κ1) is 11.4. The van der Waals surface area contributed by atoms with Crippen LogP contribution in [0, 0.1) is 0 Å². The molecule has 1 aromatic rings. The van der Waals surface area contributed by atoms with Crippen LogP contribution in [0.5, 0.6) is 0 Å². The second-order valence-electron chi connectivity index (χ2n) is 4.21. The lowest BCUT2D eigenvalue weighted by Crippen LogP contribution is -2.50. The molecule has 2 rings (SSSR count). The molecule has 1 heterocycles. The van der Waals surface area contributed by atoms with E-state index in [9.17, 15) is 9.59 Å². The molecule has 0 aliphatic carbocycles. The number of carbonyl (C=O) groups is 2. The quantitative estimate of drug-likeness (QED) is 0.771. The fourth-order valence-electron chi connectivity index (χ4n) is 2.05. The van der Waals surface area contributed by atoms with Gasteiger partial charge in [-0.1, -0.05) is 30.3 Å². The van der Waals surface area contributed by atoms with Crippen molar-refractivity contribution < 1.29 is 19.4 Å². The van der Waals surface area contributed by atoms with Gasteiger partial charge in [0.25, 0.3) is 0 Å². The van der Waals surface area contributed by atoms with Gasteiger partial charge in [-0.15, -0.1) is 0 Å². The minimum absolute atomic E-state index is 0.0776. The Labute approximate surface area is 98.4 Å². The van der Waals surface area contributed by atoms with Crippen LogP contribution in [0.4, 0.5) is 4.79 Å². The van der Waals surface area contributed by atoms with E-state index in [-0.39, 0.29) is 19.0 Å². The van der Waals surface area contributed by atoms with Gasteiger partial charge < -0.3 is 15.2 Å². The van der Waals surface area contributed by atoms with E-state index in [2.05, 4.69) is 5.32 Å². The Hall–Kier alpha value is -2.04. The zero-order valence-electron chi connectivity index (χ0n) is 9.18. The molecular weight excluding hydrogens is 222 g/mol. The molecule has 1 aliphatic rings. The molecule has 0 saturated carbocycles. The molecule has 0 spiro atoms. The topological polar surface area (TPSA) is 75.6 Å². The van der Waals surface area contributed by atoms with Crippen molar-refractivity contribution in [3.8, 4) is 0 Å². The second kappa shape index (κ2) is 4.45. The first-order valence-electron chi connectivity index (χ1n) is 5.30. The predicted octanol–water partition coefficient (Wildman–Crippen LogP) is 1.18. The molecule has 1 amide bonds. The van der Waals surface area contributed by atoms with Crippen LogP contribution in [0.25, 0.3) is 0 Å². The number of hydrogen-bond donors (Lipinski definition) is 2. The Balaban J connectivity index is 2.17. The summed E-state index contributed by atoms with van der Waals surface area (Å²) in [5.74, 6) is -0.366. The number of amides is 1. The largest absolute Gasteiger partial charge is 0.465 e. The number of nitrogens with one attached hydrogen (secondary N) is 1. The highest BCUT2D eigenvalue weighted by atomic mass is 16.5. The van der Waals surface area contributed by atoms with E-state index in [0.717, 1.165) is 5.56 Å². The molecule has 0 unspecified atom stereocenters. The van der Waals surface area contributed by atoms with Crippen molar-refractivity contribution in [3.63, 3.8) is 0 Å².